The van der Waals surface area contributed by atoms with Crippen LogP contribution in [0.4, 0.5) is 5.69 Å². The Labute approximate surface area is 143 Å². The fraction of sp³-hybridized carbons (Fsp3) is 0.474. The van der Waals surface area contributed by atoms with Crippen molar-refractivity contribution in [1.29, 1.82) is 0 Å². The Bertz CT molecular complexity index is 727. The molecule has 0 spiro atoms. The van der Waals surface area contributed by atoms with Gasteiger partial charge < -0.3 is 14.9 Å². The first-order valence-electron chi connectivity index (χ1n) is 8.02. The highest BCUT2D eigenvalue weighted by atomic mass is 16.5. The van der Waals surface area contributed by atoms with E-state index in [-0.39, 0.29) is 22.5 Å². The van der Waals surface area contributed by atoms with Gasteiger partial charge in [-0.1, -0.05) is 46.7 Å². The molecule has 2 rings (SSSR count). The third-order valence-electron chi connectivity index (χ3n) is 3.98. The number of phenols is 1. The molecular weight excluding hydrogens is 304 g/mol. The number of anilines is 1. The normalized spacial score (nSPS) is 12.3. The molecule has 2 aromatic rings. The van der Waals surface area contributed by atoms with Gasteiger partial charge in [-0.2, -0.15) is 0 Å². The highest BCUT2D eigenvalue weighted by Crippen LogP contribution is 2.41. The second kappa shape index (κ2) is 5.96. The van der Waals surface area contributed by atoms with E-state index >= 15 is 0 Å². The molecule has 0 aliphatic carbocycles. The molecule has 24 heavy (non-hydrogen) atoms. The number of hydrogen-bond donors (Lipinski definition) is 2. The lowest BCUT2D eigenvalue weighted by atomic mass is 9.79. The van der Waals surface area contributed by atoms with Crippen LogP contribution in [-0.4, -0.2) is 16.2 Å². The number of carbonyl (C=O) groups is 1. The summed E-state index contributed by atoms with van der Waals surface area (Å²) < 4.78 is 4.95. The van der Waals surface area contributed by atoms with Gasteiger partial charge in [0.2, 0.25) is 0 Å². The number of aromatic nitrogens is 1. The Morgan fingerprint density at radius 2 is 1.58 bits per heavy atom. The van der Waals surface area contributed by atoms with Gasteiger partial charge >= 0.3 is 0 Å². The van der Waals surface area contributed by atoms with Crippen molar-refractivity contribution in [1.82, 2.24) is 5.16 Å². The number of phenolic OH excluding ortho intramolecular Hbond substituents is 1. The van der Waals surface area contributed by atoms with Crippen LogP contribution in [-0.2, 0) is 10.8 Å². The number of aromatic hydroxyl groups is 1. The van der Waals surface area contributed by atoms with Crippen LogP contribution in [0.2, 0.25) is 0 Å². The van der Waals surface area contributed by atoms with E-state index < -0.39 is 0 Å². The molecule has 1 amide bonds. The lowest BCUT2D eigenvalue weighted by Crippen LogP contribution is -2.19. The van der Waals surface area contributed by atoms with E-state index in [1.54, 1.807) is 6.92 Å². The van der Waals surface area contributed by atoms with E-state index in [0.29, 0.717) is 17.0 Å². The zero-order chi connectivity index (χ0) is 18.3. The molecule has 0 unspecified atom stereocenters. The van der Waals surface area contributed by atoms with Crippen molar-refractivity contribution in [2.45, 2.75) is 59.3 Å². The minimum Gasteiger partial charge on any atom is -0.507 e. The Morgan fingerprint density at radius 1 is 1.08 bits per heavy atom. The van der Waals surface area contributed by atoms with E-state index in [2.05, 4.69) is 10.5 Å². The summed E-state index contributed by atoms with van der Waals surface area (Å²) >= 11 is 0. The van der Waals surface area contributed by atoms with Gasteiger partial charge in [0.1, 0.15) is 17.1 Å². The quantitative estimate of drug-likeness (QED) is 0.793. The summed E-state index contributed by atoms with van der Waals surface area (Å²) in [6, 6.07) is 3.65. The van der Waals surface area contributed by atoms with Gasteiger partial charge in [-0.3, -0.25) is 4.79 Å². The summed E-state index contributed by atoms with van der Waals surface area (Å²) in [5.41, 5.74) is 2.14. The van der Waals surface area contributed by atoms with E-state index in [0.717, 1.165) is 11.1 Å². The molecule has 0 fully saturated rings. The van der Waals surface area contributed by atoms with Gasteiger partial charge in [0, 0.05) is 16.8 Å². The standard InChI is InChI=1S/C19H26N2O3/c1-11-13(10-20-24-11)17(23)21-12-8-14(18(2,3)4)16(22)15(9-12)19(5,6)7/h8-10,22H,1-7H3,(H,21,23). The van der Waals surface area contributed by atoms with Gasteiger partial charge in [-0.15, -0.1) is 0 Å². The molecule has 0 saturated heterocycles. The van der Waals surface area contributed by atoms with Gasteiger partial charge in [-0.25, -0.2) is 0 Å². The van der Waals surface area contributed by atoms with E-state index in [1.807, 2.05) is 53.7 Å². The minimum atomic E-state index is -0.279. The summed E-state index contributed by atoms with van der Waals surface area (Å²) in [4.78, 5) is 12.4. The molecule has 0 atom stereocenters. The smallest absolute Gasteiger partial charge is 0.260 e. The number of amides is 1. The molecule has 1 aromatic carbocycles. The third kappa shape index (κ3) is 3.61. The van der Waals surface area contributed by atoms with Crippen LogP contribution >= 0.6 is 0 Å². The third-order valence-corrected chi connectivity index (χ3v) is 3.98. The summed E-state index contributed by atoms with van der Waals surface area (Å²) in [5.74, 6) is 0.478. The molecule has 0 aliphatic heterocycles. The first-order chi connectivity index (χ1) is 10.9. The molecule has 0 aliphatic rings. The summed E-state index contributed by atoms with van der Waals surface area (Å²) in [5, 5.41) is 17.2. The molecule has 2 N–H and O–H groups in total. The van der Waals surface area contributed by atoms with Gasteiger partial charge in [0.25, 0.3) is 5.91 Å². The maximum Gasteiger partial charge on any atom is 0.260 e. The van der Waals surface area contributed by atoms with Crippen LogP contribution < -0.4 is 5.32 Å². The SMILES string of the molecule is Cc1oncc1C(=O)Nc1cc(C(C)(C)C)c(O)c(C(C)(C)C)c1. The summed E-state index contributed by atoms with van der Waals surface area (Å²) in [6.45, 7) is 13.9. The maximum atomic E-state index is 12.4. The number of aryl methyl sites for hydroxylation is 1. The maximum absolute atomic E-state index is 12.4. The van der Waals surface area contributed by atoms with Crippen molar-refractivity contribution >= 4 is 11.6 Å². The van der Waals surface area contributed by atoms with Crippen LogP contribution in [0.25, 0.3) is 0 Å². The largest absolute Gasteiger partial charge is 0.507 e. The molecular formula is C19H26N2O3. The zero-order valence-electron chi connectivity index (χ0n) is 15.4. The van der Waals surface area contributed by atoms with Crippen molar-refractivity contribution in [2.24, 2.45) is 0 Å². The summed E-state index contributed by atoms with van der Waals surface area (Å²) in [7, 11) is 0. The second-order valence-electron chi connectivity index (χ2n) is 8.17. The lowest BCUT2D eigenvalue weighted by Gasteiger charge is -2.28. The fourth-order valence-corrected chi connectivity index (χ4v) is 2.57. The molecule has 1 heterocycles. The number of rotatable bonds is 2. The number of nitrogens with one attached hydrogen (secondary N) is 1. The Hall–Kier alpha value is -2.30. The highest BCUT2D eigenvalue weighted by Gasteiger charge is 2.27. The van der Waals surface area contributed by atoms with Crippen molar-refractivity contribution in [3.05, 3.63) is 40.8 Å². The van der Waals surface area contributed by atoms with Crippen LogP contribution in [0.1, 0.15) is 68.8 Å². The predicted octanol–water partition coefficient (Wildman–Crippen LogP) is 4.54. The summed E-state index contributed by atoms with van der Waals surface area (Å²) in [6.07, 6.45) is 1.40. The average Bonchev–Trinajstić information content (AvgIpc) is 2.84. The average molecular weight is 330 g/mol. The predicted molar refractivity (Wildman–Crippen MR) is 94.7 cm³/mol. The van der Waals surface area contributed by atoms with Crippen molar-refractivity contribution in [3.8, 4) is 5.75 Å². The Morgan fingerprint density at radius 3 is 1.96 bits per heavy atom. The molecule has 5 heteroatoms. The Kier molecular flexibility index (Phi) is 4.48. The number of benzene rings is 1. The first kappa shape index (κ1) is 18.0. The molecule has 0 saturated carbocycles. The van der Waals surface area contributed by atoms with Crippen molar-refractivity contribution in [2.75, 3.05) is 5.32 Å². The first-order valence-corrected chi connectivity index (χ1v) is 8.02. The molecule has 0 bridgehead atoms. The lowest BCUT2D eigenvalue weighted by molar-refractivity contribution is 0.102. The molecule has 1 aromatic heterocycles. The van der Waals surface area contributed by atoms with E-state index in [9.17, 15) is 9.90 Å². The minimum absolute atomic E-state index is 0.252. The zero-order valence-corrected chi connectivity index (χ0v) is 15.4. The van der Waals surface area contributed by atoms with Crippen LogP contribution in [0, 0.1) is 6.92 Å². The van der Waals surface area contributed by atoms with Crippen LogP contribution in [0.15, 0.2) is 22.9 Å². The Balaban J connectivity index is 2.51. The van der Waals surface area contributed by atoms with Crippen molar-refractivity contribution < 1.29 is 14.4 Å². The molecule has 130 valence electrons. The van der Waals surface area contributed by atoms with Gasteiger partial charge in [-0.05, 0) is 29.9 Å². The van der Waals surface area contributed by atoms with Crippen LogP contribution in [0.3, 0.4) is 0 Å². The van der Waals surface area contributed by atoms with Gasteiger partial charge in [0.15, 0.2) is 0 Å². The van der Waals surface area contributed by atoms with Gasteiger partial charge in [0.05, 0.1) is 6.20 Å². The fourth-order valence-electron chi connectivity index (χ4n) is 2.57. The van der Waals surface area contributed by atoms with E-state index in [4.69, 9.17) is 4.52 Å². The van der Waals surface area contributed by atoms with Crippen LogP contribution in [0.5, 0.6) is 5.75 Å². The van der Waals surface area contributed by atoms with E-state index in [1.165, 1.54) is 6.20 Å². The van der Waals surface area contributed by atoms with Crippen molar-refractivity contribution in [3.63, 3.8) is 0 Å². The number of carbonyl (C=O) groups excluding carboxylic acids is 1. The molecule has 5 nitrogen and oxygen atoms in total. The number of nitrogens with zero attached hydrogens (tertiary/aromatic N) is 1. The molecule has 0 radical (unpaired) electrons. The number of hydrogen-bond acceptors (Lipinski definition) is 4. The monoisotopic (exact) mass is 330 g/mol. The second-order valence-corrected chi connectivity index (χ2v) is 8.17. The topological polar surface area (TPSA) is 75.4 Å². The highest BCUT2D eigenvalue weighted by molar-refractivity contribution is 6.04.